The predicted octanol–water partition coefficient (Wildman–Crippen LogP) is 3.65. The van der Waals surface area contributed by atoms with Crippen molar-refractivity contribution in [1.82, 2.24) is 29.5 Å². The number of pyridine rings is 2. The summed E-state index contributed by atoms with van der Waals surface area (Å²) in [5, 5.41) is 6.04. The zero-order valence-electron chi connectivity index (χ0n) is 22.9. The number of likely N-dealkylation sites (tertiary alicyclic amines) is 1. The van der Waals surface area contributed by atoms with E-state index in [1.54, 1.807) is 19.2 Å². The molecule has 1 amide bonds. The fourth-order valence-electron chi connectivity index (χ4n) is 6.08. The van der Waals surface area contributed by atoms with E-state index in [1.165, 1.54) is 6.07 Å². The highest BCUT2D eigenvalue weighted by Crippen LogP contribution is 2.31. The molecule has 1 atom stereocenters. The molecule has 9 nitrogen and oxygen atoms in total. The number of carbonyl (C=O) groups excluding carboxylic acids is 1. The summed E-state index contributed by atoms with van der Waals surface area (Å²) in [4.78, 5) is 40.5. The van der Waals surface area contributed by atoms with Crippen LogP contribution in [0, 0.1) is 19.7 Å². The highest BCUT2D eigenvalue weighted by molar-refractivity contribution is 6.07. The van der Waals surface area contributed by atoms with Crippen molar-refractivity contribution >= 4 is 33.5 Å². The number of hydrogen-bond acceptors (Lipinski definition) is 6. The third kappa shape index (κ3) is 4.46. The van der Waals surface area contributed by atoms with Crippen LogP contribution < -0.4 is 10.5 Å². The number of aromatic nitrogens is 4. The maximum Gasteiger partial charge on any atom is 0.259 e. The number of hydrogen-bond donors (Lipinski definition) is 1. The van der Waals surface area contributed by atoms with E-state index >= 15 is 0 Å². The van der Waals surface area contributed by atoms with E-state index in [4.69, 9.17) is 0 Å². The van der Waals surface area contributed by atoms with Gasteiger partial charge in [0, 0.05) is 36.6 Å². The Hall–Kier alpha value is -3.79. The lowest BCUT2D eigenvalue weighted by Crippen LogP contribution is -2.54. The molecule has 10 heteroatoms. The Morgan fingerprint density at radius 1 is 1.08 bits per heavy atom. The van der Waals surface area contributed by atoms with Gasteiger partial charge in [0.2, 0.25) is 0 Å². The van der Waals surface area contributed by atoms with Crippen molar-refractivity contribution in [3.8, 4) is 0 Å². The fraction of sp³-hybridized carbons (Fsp3) is 0.448. The van der Waals surface area contributed by atoms with Crippen LogP contribution in [0.2, 0.25) is 0 Å². The number of amides is 1. The van der Waals surface area contributed by atoms with Crippen molar-refractivity contribution in [1.29, 1.82) is 0 Å². The minimum Gasteiger partial charge on any atom is -0.350 e. The van der Waals surface area contributed by atoms with E-state index in [9.17, 15) is 14.0 Å². The Kier molecular flexibility index (Phi) is 6.37. The molecule has 204 valence electrons. The number of carbonyl (C=O) groups is 1. The van der Waals surface area contributed by atoms with Crippen molar-refractivity contribution in [3.63, 3.8) is 0 Å². The Bertz CT molecular complexity index is 1640. The summed E-state index contributed by atoms with van der Waals surface area (Å²) < 4.78 is 15.8. The zero-order valence-corrected chi connectivity index (χ0v) is 22.9. The lowest BCUT2D eigenvalue weighted by Gasteiger charge is -2.40. The Balaban J connectivity index is 1.33. The van der Waals surface area contributed by atoms with E-state index in [1.807, 2.05) is 28.6 Å². The van der Waals surface area contributed by atoms with Gasteiger partial charge in [-0.2, -0.15) is 5.10 Å². The molecule has 0 spiro atoms. The number of H-pyrrole nitrogens is 1. The second kappa shape index (κ2) is 9.75. The van der Waals surface area contributed by atoms with Gasteiger partial charge in [-0.1, -0.05) is 0 Å². The van der Waals surface area contributed by atoms with Gasteiger partial charge in [-0.05, 0) is 83.6 Å². The minimum atomic E-state index is -0.320. The maximum atomic E-state index is 13.9. The number of rotatable bonds is 3. The van der Waals surface area contributed by atoms with Gasteiger partial charge in [-0.25, -0.2) is 9.37 Å². The first kappa shape index (κ1) is 25.5. The third-order valence-corrected chi connectivity index (χ3v) is 8.39. The van der Waals surface area contributed by atoms with Crippen molar-refractivity contribution in [2.45, 2.75) is 45.7 Å². The van der Waals surface area contributed by atoms with Crippen LogP contribution in [-0.4, -0.2) is 81.3 Å². The zero-order chi connectivity index (χ0) is 27.4. The molecule has 3 aromatic heterocycles. The Morgan fingerprint density at radius 3 is 2.56 bits per heavy atom. The van der Waals surface area contributed by atoms with Crippen LogP contribution in [0.15, 0.2) is 35.3 Å². The largest absolute Gasteiger partial charge is 0.350 e. The quantitative estimate of drug-likeness (QED) is 0.434. The molecule has 0 aliphatic carbocycles. The molecule has 39 heavy (non-hydrogen) atoms. The molecular formula is C29H34FN7O2. The molecule has 4 aromatic rings. The molecule has 0 radical (unpaired) electrons. The van der Waals surface area contributed by atoms with Crippen LogP contribution in [0.3, 0.4) is 0 Å². The third-order valence-electron chi connectivity index (χ3n) is 8.39. The van der Waals surface area contributed by atoms with Crippen molar-refractivity contribution < 1.29 is 9.18 Å². The highest BCUT2D eigenvalue weighted by atomic mass is 19.1. The van der Waals surface area contributed by atoms with Crippen LogP contribution in [-0.2, 0) is 0 Å². The summed E-state index contributed by atoms with van der Waals surface area (Å²) in [7, 11) is 2.12. The Labute approximate surface area is 226 Å². The van der Waals surface area contributed by atoms with Gasteiger partial charge in [-0.15, -0.1) is 0 Å². The van der Waals surface area contributed by atoms with E-state index < -0.39 is 0 Å². The Morgan fingerprint density at radius 2 is 1.85 bits per heavy atom. The summed E-state index contributed by atoms with van der Waals surface area (Å²) in [6.07, 6.45) is 3.58. The van der Waals surface area contributed by atoms with E-state index in [0.29, 0.717) is 41.8 Å². The molecule has 2 aliphatic heterocycles. The molecule has 1 aromatic carbocycles. The highest BCUT2D eigenvalue weighted by Gasteiger charge is 2.30. The van der Waals surface area contributed by atoms with Crippen LogP contribution in [0.25, 0.3) is 21.8 Å². The predicted molar refractivity (Wildman–Crippen MR) is 150 cm³/mol. The number of nitrogens with one attached hydrogen (secondary N) is 1. The van der Waals surface area contributed by atoms with Crippen molar-refractivity contribution in [2.75, 3.05) is 44.7 Å². The molecule has 5 heterocycles. The first-order valence-corrected chi connectivity index (χ1v) is 13.6. The number of piperidine rings is 1. The second-order valence-corrected chi connectivity index (χ2v) is 11.1. The summed E-state index contributed by atoms with van der Waals surface area (Å²) in [5.74, 6) is 0.373. The number of aromatic amines is 1. The molecule has 2 aliphatic rings. The monoisotopic (exact) mass is 531 g/mol. The molecule has 2 saturated heterocycles. The molecule has 0 saturated carbocycles. The van der Waals surface area contributed by atoms with Gasteiger partial charge in [0.25, 0.3) is 11.5 Å². The van der Waals surface area contributed by atoms with Gasteiger partial charge in [-0.3, -0.25) is 14.3 Å². The smallest absolute Gasteiger partial charge is 0.259 e. The summed E-state index contributed by atoms with van der Waals surface area (Å²) in [6, 6.07) is 7.21. The van der Waals surface area contributed by atoms with Gasteiger partial charge in [0.05, 0.1) is 34.4 Å². The van der Waals surface area contributed by atoms with Gasteiger partial charge < -0.3 is 19.7 Å². The first-order chi connectivity index (χ1) is 18.7. The van der Waals surface area contributed by atoms with Crippen LogP contribution >= 0.6 is 0 Å². The number of piperazine rings is 1. The second-order valence-electron chi connectivity index (χ2n) is 11.1. The van der Waals surface area contributed by atoms with Crippen molar-refractivity contribution in [2.24, 2.45) is 0 Å². The molecule has 2 fully saturated rings. The lowest BCUT2D eigenvalue weighted by atomic mass is 10.0. The summed E-state index contributed by atoms with van der Waals surface area (Å²) in [5.41, 5.74) is 3.17. The number of benzene rings is 1. The van der Waals surface area contributed by atoms with Crippen LogP contribution in [0.1, 0.15) is 47.4 Å². The molecular weight excluding hydrogens is 497 g/mol. The number of anilines is 1. The van der Waals surface area contributed by atoms with Crippen LogP contribution in [0.4, 0.5) is 10.2 Å². The van der Waals surface area contributed by atoms with Gasteiger partial charge in [0.1, 0.15) is 11.6 Å². The summed E-state index contributed by atoms with van der Waals surface area (Å²) >= 11 is 0. The number of aryl methyl sites for hydroxylation is 2. The molecule has 0 unspecified atom stereocenters. The molecule has 0 bridgehead atoms. The molecule has 6 rings (SSSR count). The first-order valence-electron chi connectivity index (χ1n) is 13.6. The topological polar surface area (TPSA) is 90.4 Å². The van der Waals surface area contributed by atoms with Crippen molar-refractivity contribution in [3.05, 3.63) is 63.5 Å². The normalized spacial score (nSPS) is 19.4. The SMILES string of the molecule is Cc1cc2[nH]c(=O)c3cnn(C4CCN(C)CC4)c3c2cc1C(=O)N1CCN(c2ccc(F)c(C)n2)[C@H](C)C1. The average molecular weight is 532 g/mol. The number of nitrogens with zero attached hydrogens (tertiary/aromatic N) is 6. The number of fused-ring (bicyclic) bond motifs is 3. The minimum absolute atomic E-state index is 0.0229. The summed E-state index contributed by atoms with van der Waals surface area (Å²) in [6.45, 7) is 9.26. The standard InChI is InChI=1S/C29H34FN7O2/c1-17-13-25-22(27-23(28(38)33-25)15-31-37(27)20-7-9-34(4)10-8-20)14-21(17)29(39)35-11-12-36(18(2)16-35)26-6-5-24(30)19(3)32-26/h5-6,13-15,18,20H,7-12,16H2,1-4H3,(H,33,38)/t18-/m1/s1. The van der Waals surface area contributed by atoms with Crippen LogP contribution in [0.5, 0.6) is 0 Å². The van der Waals surface area contributed by atoms with Gasteiger partial charge >= 0.3 is 0 Å². The van der Waals surface area contributed by atoms with E-state index in [2.05, 4.69) is 38.8 Å². The lowest BCUT2D eigenvalue weighted by molar-refractivity contribution is 0.0725. The maximum absolute atomic E-state index is 13.9. The fourth-order valence-corrected chi connectivity index (χ4v) is 6.08. The van der Waals surface area contributed by atoms with Gasteiger partial charge in [0.15, 0.2) is 0 Å². The number of halogens is 1. The average Bonchev–Trinajstić information content (AvgIpc) is 3.36. The van der Waals surface area contributed by atoms with E-state index in [0.717, 1.165) is 48.2 Å². The van der Waals surface area contributed by atoms with E-state index in [-0.39, 0.29) is 29.4 Å². The molecule has 1 N–H and O–H groups in total.